The highest BCUT2D eigenvalue weighted by Crippen LogP contribution is 2.35. The van der Waals surface area contributed by atoms with Crippen molar-refractivity contribution in [2.24, 2.45) is 0 Å². The molecule has 6 heteroatoms. The van der Waals surface area contributed by atoms with Crippen molar-refractivity contribution in [1.29, 1.82) is 0 Å². The molecule has 3 aromatic heterocycles. The molecule has 0 saturated heterocycles. The molecule has 1 aromatic carbocycles. The van der Waals surface area contributed by atoms with Crippen LogP contribution < -0.4 is 0 Å². The Balaban J connectivity index is 1.94. The van der Waals surface area contributed by atoms with Gasteiger partial charge in [-0.3, -0.25) is 0 Å². The van der Waals surface area contributed by atoms with Gasteiger partial charge in [0, 0.05) is 22.0 Å². The first kappa shape index (κ1) is 16.2. The molecule has 0 radical (unpaired) electrons. The summed E-state index contributed by atoms with van der Waals surface area (Å²) < 4.78 is 28.5. The molecule has 0 saturated carbocycles. The van der Waals surface area contributed by atoms with E-state index in [0.29, 0.717) is 15.9 Å². The molecule has 0 N–H and O–H groups in total. The second kappa shape index (κ2) is 6.20. The molecule has 126 valence electrons. The van der Waals surface area contributed by atoms with Gasteiger partial charge in [-0.15, -0.1) is 11.3 Å². The smallest absolute Gasteiger partial charge is 0.158 e. The van der Waals surface area contributed by atoms with Crippen LogP contribution in [0.4, 0.5) is 4.39 Å². The Morgan fingerprint density at radius 1 is 1.12 bits per heavy atom. The average molecular weight is 370 g/mol. The maximum Gasteiger partial charge on any atom is 0.158 e. The van der Waals surface area contributed by atoms with Gasteiger partial charge in [0.1, 0.15) is 5.82 Å². The lowest BCUT2D eigenvalue weighted by Crippen LogP contribution is -2.04. The summed E-state index contributed by atoms with van der Waals surface area (Å²) in [4.78, 5) is 6.02. The van der Waals surface area contributed by atoms with E-state index in [4.69, 9.17) is 0 Å². The number of fused-ring (bicyclic) bond motifs is 1. The van der Waals surface area contributed by atoms with Gasteiger partial charge in [-0.2, -0.15) is 0 Å². The zero-order valence-corrected chi connectivity index (χ0v) is 15.3. The summed E-state index contributed by atoms with van der Waals surface area (Å²) in [5.41, 5.74) is 3.48. The third kappa shape index (κ3) is 2.81. The monoisotopic (exact) mass is 370 g/mol. The van der Waals surface area contributed by atoms with Crippen molar-refractivity contribution in [1.82, 2.24) is 8.96 Å². The van der Waals surface area contributed by atoms with Crippen LogP contribution in [0, 0.1) is 19.7 Å². The van der Waals surface area contributed by atoms with Crippen molar-refractivity contribution in [3.05, 3.63) is 70.4 Å². The fourth-order valence-corrected chi connectivity index (χ4v) is 4.64. The molecule has 3 nitrogen and oxygen atoms in total. The maximum absolute atomic E-state index is 13.8. The summed E-state index contributed by atoms with van der Waals surface area (Å²) in [7, 11) is -1.45. The third-order valence-corrected chi connectivity index (χ3v) is 6.29. The van der Waals surface area contributed by atoms with Crippen molar-refractivity contribution < 1.29 is 8.60 Å². The molecule has 4 rings (SSSR count). The van der Waals surface area contributed by atoms with Crippen LogP contribution in [0.15, 0.2) is 59.1 Å². The molecule has 0 spiro atoms. The number of aryl methyl sites for hydroxylation is 2. The Labute approximate surface area is 151 Å². The minimum absolute atomic E-state index is 0.402. The molecule has 3 heterocycles. The standard InChI is InChI=1S/C19H15FN2OS2/c1-12-3-5-15(6-4-12)25(23)22-11-18(16-7-8-24-13(16)2)17-9-14(20)10-21-19(17)22/h3-11H,1-2H3. The minimum atomic E-state index is -1.45. The molecule has 0 fully saturated rings. The van der Waals surface area contributed by atoms with Crippen LogP contribution in [-0.4, -0.2) is 13.2 Å². The summed E-state index contributed by atoms with van der Waals surface area (Å²) >= 11 is 1.63. The van der Waals surface area contributed by atoms with E-state index in [1.165, 1.54) is 6.07 Å². The van der Waals surface area contributed by atoms with Gasteiger partial charge in [0.15, 0.2) is 16.6 Å². The van der Waals surface area contributed by atoms with Gasteiger partial charge in [-0.1, -0.05) is 17.7 Å². The molecular weight excluding hydrogens is 355 g/mol. The Hall–Kier alpha value is -2.31. The molecule has 4 aromatic rings. The van der Waals surface area contributed by atoms with Gasteiger partial charge in [0.25, 0.3) is 0 Å². The van der Waals surface area contributed by atoms with E-state index in [0.717, 1.165) is 27.8 Å². The van der Waals surface area contributed by atoms with Gasteiger partial charge < -0.3 is 0 Å². The van der Waals surface area contributed by atoms with E-state index >= 15 is 0 Å². The lowest BCUT2D eigenvalue weighted by molar-refractivity contribution is 0.624. The zero-order chi connectivity index (χ0) is 17.6. The number of benzene rings is 1. The number of pyridine rings is 1. The highest BCUT2D eigenvalue weighted by Gasteiger charge is 2.18. The van der Waals surface area contributed by atoms with Crippen molar-refractivity contribution in [2.45, 2.75) is 18.7 Å². The Morgan fingerprint density at radius 2 is 1.88 bits per heavy atom. The molecule has 25 heavy (non-hydrogen) atoms. The topological polar surface area (TPSA) is 34.9 Å². The van der Waals surface area contributed by atoms with Crippen LogP contribution in [-0.2, 0) is 11.0 Å². The van der Waals surface area contributed by atoms with E-state index in [1.54, 1.807) is 15.3 Å². The summed E-state index contributed by atoms with van der Waals surface area (Å²) in [6.07, 6.45) is 2.97. The molecule has 1 atom stereocenters. The number of hydrogen-bond acceptors (Lipinski definition) is 3. The van der Waals surface area contributed by atoms with Gasteiger partial charge in [-0.25, -0.2) is 17.6 Å². The second-order valence-electron chi connectivity index (χ2n) is 5.85. The Bertz CT molecular complexity index is 1100. The number of nitrogens with zero attached hydrogens (tertiary/aromatic N) is 2. The quantitative estimate of drug-likeness (QED) is 0.503. The van der Waals surface area contributed by atoms with Crippen LogP contribution >= 0.6 is 11.3 Å². The predicted octanol–water partition coefficient (Wildman–Crippen LogP) is 5.09. The van der Waals surface area contributed by atoms with Crippen LogP contribution in [0.25, 0.3) is 22.2 Å². The van der Waals surface area contributed by atoms with Gasteiger partial charge in [-0.05, 0) is 49.1 Å². The van der Waals surface area contributed by atoms with Gasteiger partial charge in [0.05, 0.1) is 11.1 Å². The number of thiophene rings is 1. The Kier molecular flexibility index (Phi) is 4.01. The fourth-order valence-electron chi connectivity index (χ4n) is 2.83. The minimum Gasteiger partial charge on any atom is -0.245 e. The van der Waals surface area contributed by atoms with Gasteiger partial charge in [0.2, 0.25) is 0 Å². The summed E-state index contributed by atoms with van der Waals surface area (Å²) in [5.74, 6) is -0.402. The summed E-state index contributed by atoms with van der Waals surface area (Å²) in [6, 6.07) is 11.0. The molecule has 1 unspecified atom stereocenters. The normalized spacial score (nSPS) is 12.6. The number of halogens is 1. The first-order chi connectivity index (χ1) is 12.0. The van der Waals surface area contributed by atoms with Crippen LogP contribution in [0.1, 0.15) is 10.4 Å². The highest BCUT2D eigenvalue weighted by molar-refractivity contribution is 7.83. The van der Waals surface area contributed by atoms with Crippen molar-refractivity contribution in [3.63, 3.8) is 0 Å². The first-order valence-corrected chi connectivity index (χ1v) is 9.73. The van der Waals surface area contributed by atoms with Crippen LogP contribution in [0.3, 0.4) is 0 Å². The maximum atomic E-state index is 13.8. The van der Waals surface area contributed by atoms with Gasteiger partial charge >= 0.3 is 0 Å². The van der Waals surface area contributed by atoms with Crippen molar-refractivity contribution >= 4 is 33.4 Å². The molecule has 0 aliphatic rings. The number of rotatable bonds is 3. The second-order valence-corrected chi connectivity index (χ2v) is 8.33. The summed E-state index contributed by atoms with van der Waals surface area (Å²) in [6.45, 7) is 4.01. The Morgan fingerprint density at radius 3 is 2.56 bits per heavy atom. The van der Waals surface area contributed by atoms with E-state index in [-0.39, 0.29) is 0 Å². The lowest BCUT2D eigenvalue weighted by Gasteiger charge is -2.05. The third-order valence-electron chi connectivity index (χ3n) is 4.13. The molecule has 0 bridgehead atoms. The summed E-state index contributed by atoms with van der Waals surface area (Å²) in [5, 5.41) is 2.67. The van der Waals surface area contributed by atoms with Crippen LogP contribution in [0.5, 0.6) is 0 Å². The van der Waals surface area contributed by atoms with Crippen molar-refractivity contribution in [2.75, 3.05) is 0 Å². The number of aromatic nitrogens is 2. The largest absolute Gasteiger partial charge is 0.245 e. The van der Waals surface area contributed by atoms with Crippen LogP contribution in [0.2, 0.25) is 0 Å². The van der Waals surface area contributed by atoms with E-state index in [1.807, 2.05) is 55.8 Å². The van der Waals surface area contributed by atoms with E-state index < -0.39 is 16.8 Å². The average Bonchev–Trinajstić information content (AvgIpc) is 3.18. The molecule has 0 aliphatic heterocycles. The number of hydrogen-bond donors (Lipinski definition) is 0. The lowest BCUT2D eigenvalue weighted by atomic mass is 10.1. The SMILES string of the molecule is Cc1ccc(S(=O)n2cc(-c3ccsc3C)c3cc(F)cnc32)cc1. The molecular formula is C19H15FN2OS2. The molecule has 0 amide bonds. The molecule has 0 aliphatic carbocycles. The highest BCUT2D eigenvalue weighted by atomic mass is 32.2. The van der Waals surface area contributed by atoms with E-state index in [2.05, 4.69) is 4.98 Å². The zero-order valence-electron chi connectivity index (χ0n) is 13.7. The predicted molar refractivity (Wildman–Crippen MR) is 101 cm³/mol. The van der Waals surface area contributed by atoms with E-state index in [9.17, 15) is 8.60 Å². The fraction of sp³-hybridized carbons (Fsp3) is 0.105. The van der Waals surface area contributed by atoms with Crippen molar-refractivity contribution in [3.8, 4) is 11.1 Å². The first-order valence-electron chi connectivity index (χ1n) is 7.74.